The van der Waals surface area contributed by atoms with Crippen LogP contribution in [0.15, 0.2) is 0 Å². The van der Waals surface area contributed by atoms with Crippen molar-refractivity contribution < 1.29 is 29.2 Å². The van der Waals surface area contributed by atoms with Crippen molar-refractivity contribution in [3.05, 3.63) is 0 Å². The number of aliphatic hydroxyl groups excluding tert-OH is 2. The monoisotopic (exact) mass is 351 g/mol. The molecule has 24 heavy (non-hydrogen) atoms. The largest absolute Gasteiger partial charge is 0.390 e. The van der Waals surface area contributed by atoms with E-state index in [1.165, 1.54) is 0 Å². The maximum Gasteiger partial charge on any atom is 0.0895 e. The first-order chi connectivity index (χ1) is 11.5. The average molecular weight is 351 g/mol. The highest BCUT2D eigenvalue weighted by molar-refractivity contribution is 4.79. The van der Waals surface area contributed by atoms with Gasteiger partial charge in [-0.25, -0.2) is 0 Å². The molecule has 0 heterocycles. The predicted octanol–water partition coefficient (Wildman–Crippen LogP) is 0.560. The molecule has 0 fully saturated rings. The van der Waals surface area contributed by atoms with Crippen molar-refractivity contribution in [1.29, 1.82) is 0 Å². The molecule has 0 aliphatic rings. The van der Waals surface area contributed by atoms with Gasteiger partial charge in [-0.3, -0.25) is 0 Å². The Morgan fingerprint density at radius 2 is 1.21 bits per heavy atom. The summed E-state index contributed by atoms with van der Waals surface area (Å²) >= 11 is 0. The zero-order chi connectivity index (χ0) is 18.3. The number of nitrogens with two attached hydrogens (primary N) is 1. The van der Waals surface area contributed by atoms with E-state index in [0.717, 1.165) is 12.8 Å². The molecule has 0 amide bonds. The molecular formula is C17H37NO6. The highest BCUT2D eigenvalue weighted by Gasteiger charge is 2.29. The van der Waals surface area contributed by atoms with Crippen LogP contribution in [0.2, 0.25) is 0 Å². The van der Waals surface area contributed by atoms with Crippen LogP contribution in [-0.4, -0.2) is 81.8 Å². The van der Waals surface area contributed by atoms with Gasteiger partial charge in [-0.05, 0) is 18.3 Å². The minimum Gasteiger partial charge on any atom is -0.390 e. The minimum absolute atomic E-state index is 0.0863. The molecule has 146 valence electrons. The SMILES string of the molecule is CCC(C)(CC)C(O)COCCOCCOCCOCC(O)CN. The van der Waals surface area contributed by atoms with Gasteiger partial charge in [0.05, 0.1) is 65.1 Å². The average Bonchev–Trinajstić information content (AvgIpc) is 2.61. The second kappa shape index (κ2) is 15.0. The molecule has 0 aliphatic carbocycles. The van der Waals surface area contributed by atoms with E-state index in [9.17, 15) is 5.11 Å². The number of hydrogen-bond donors (Lipinski definition) is 3. The van der Waals surface area contributed by atoms with Crippen molar-refractivity contribution in [2.75, 3.05) is 59.4 Å². The molecule has 0 radical (unpaired) electrons. The summed E-state index contributed by atoms with van der Waals surface area (Å²) in [7, 11) is 0. The molecule has 2 atom stereocenters. The van der Waals surface area contributed by atoms with Crippen LogP contribution in [0.5, 0.6) is 0 Å². The Morgan fingerprint density at radius 3 is 1.62 bits per heavy atom. The number of ether oxygens (including phenoxy) is 4. The predicted molar refractivity (Wildman–Crippen MR) is 93.0 cm³/mol. The molecule has 0 spiro atoms. The van der Waals surface area contributed by atoms with Crippen LogP contribution < -0.4 is 5.73 Å². The zero-order valence-electron chi connectivity index (χ0n) is 15.5. The van der Waals surface area contributed by atoms with Gasteiger partial charge in [-0.1, -0.05) is 20.8 Å². The van der Waals surface area contributed by atoms with Gasteiger partial charge < -0.3 is 34.9 Å². The molecule has 7 nitrogen and oxygen atoms in total. The van der Waals surface area contributed by atoms with Gasteiger partial charge in [-0.15, -0.1) is 0 Å². The van der Waals surface area contributed by atoms with Crippen LogP contribution in [-0.2, 0) is 18.9 Å². The first-order valence-electron chi connectivity index (χ1n) is 8.87. The van der Waals surface area contributed by atoms with Crippen molar-refractivity contribution in [1.82, 2.24) is 0 Å². The van der Waals surface area contributed by atoms with Crippen molar-refractivity contribution in [2.24, 2.45) is 11.1 Å². The lowest BCUT2D eigenvalue weighted by atomic mass is 9.79. The van der Waals surface area contributed by atoms with E-state index in [4.69, 9.17) is 29.8 Å². The van der Waals surface area contributed by atoms with Gasteiger partial charge in [0.1, 0.15) is 0 Å². The Balaban J connectivity index is 3.34. The molecule has 0 aromatic rings. The molecular weight excluding hydrogens is 314 g/mol. The maximum atomic E-state index is 10.1. The lowest BCUT2D eigenvalue weighted by Gasteiger charge is -2.32. The van der Waals surface area contributed by atoms with Gasteiger partial charge in [0.2, 0.25) is 0 Å². The molecule has 2 unspecified atom stereocenters. The second-order valence-electron chi connectivity index (χ2n) is 6.14. The maximum absolute atomic E-state index is 10.1. The first-order valence-corrected chi connectivity index (χ1v) is 8.87. The highest BCUT2D eigenvalue weighted by atomic mass is 16.6. The van der Waals surface area contributed by atoms with Crippen LogP contribution in [0.1, 0.15) is 33.6 Å². The van der Waals surface area contributed by atoms with Gasteiger partial charge >= 0.3 is 0 Å². The number of hydrogen-bond acceptors (Lipinski definition) is 7. The van der Waals surface area contributed by atoms with Gasteiger partial charge in [-0.2, -0.15) is 0 Å². The lowest BCUT2D eigenvalue weighted by Crippen LogP contribution is -2.35. The van der Waals surface area contributed by atoms with Crippen molar-refractivity contribution in [2.45, 2.75) is 45.8 Å². The molecule has 0 bridgehead atoms. The van der Waals surface area contributed by atoms with Gasteiger partial charge in [0.25, 0.3) is 0 Å². The standard InChI is InChI=1S/C17H37NO6/c1-4-17(3,5-2)16(20)14-24-11-9-22-7-6-21-8-10-23-13-15(19)12-18/h15-16,19-20H,4-14,18H2,1-3H3. The zero-order valence-corrected chi connectivity index (χ0v) is 15.5. The second-order valence-corrected chi connectivity index (χ2v) is 6.14. The van der Waals surface area contributed by atoms with E-state index in [1.54, 1.807) is 0 Å². The van der Waals surface area contributed by atoms with E-state index < -0.39 is 12.2 Å². The molecule has 0 aromatic heterocycles. The van der Waals surface area contributed by atoms with E-state index in [0.29, 0.717) is 46.2 Å². The summed E-state index contributed by atoms with van der Waals surface area (Å²) in [6.07, 6.45) is 0.793. The topological polar surface area (TPSA) is 103 Å². The van der Waals surface area contributed by atoms with E-state index in [1.807, 2.05) is 0 Å². The summed E-state index contributed by atoms with van der Waals surface area (Å²) in [5, 5.41) is 19.3. The Morgan fingerprint density at radius 1 is 0.792 bits per heavy atom. The fraction of sp³-hybridized carbons (Fsp3) is 1.00. The van der Waals surface area contributed by atoms with Crippen LogP contribution in [0, 0.1) is 5.41 Å². The first kappa shape index (κ1) is 23.7. The smallest absolute Gasteiger partial charge is 0.0895 e. The van der Waals surface area contributed by atoms with Crippen molar-refractivity contribution in [3.8, 4) is 0 Å². The van der Waals surface area contributed by atoms with Crippen LogP contribution in [0.3, 0.4) is 0 Å². The summed E-state index contributed by atoms with van der Waals surface area (Å²) in [5.41, 5.74) is 5.17. The molecule has 0 aromatic carbocycles. The lowest BCUT2D eigenvalue weighted by molar-refractivity contribution is -0.0546. The quantitative estimate of drug-likeness (QED) is 0.329. The summed E-state index contributed by atoms with van der Waals surface area (Å²) < 4.78 is 21.4. The Hall–Kier alpha value is -0.280. The highest BCUT2D eigenvalue weighted by Crippen LogP contribution is 2.29. The Bertz CT molecular complexity index is 276. The van der Waals surface area contributed by atoms with E-state index in [-0.39, 0.29) is 18.6 Å². The molecule has 0 saturated heterocycles. The fourth-order valence-electron chi connectivity index (χ4n) is 1.96. The molecule has 0 rings (SSSR count). The fourth-order valence-corrected chi connectivity index (χ4v) is 1.96. The summed E-state index contributed by atoms with van der Waals surface area (Å²) in [4.78, 5) is 0. The molecule has 4 N–H and O–H groups in total. The Labute approximate surface area is 146 Å². The Kier molecular flexibility index (Phi) is 14.8. The van der Waals surface area contributed by atoms with Crippen molar-refractivity contribution >= 4 is 0 Å². The molecule has 0 aliphatic heterocycles. The third kappa shape index (κ3) is 11.3. The van der Waals surface area contributed by atoms with Gasteiger partial charge in [0, 0.05) is 6.54 Å². The van der Waals surface area contributed by atoms with E-state index >= 15 is 0 Å². The van der Waals surface area contributed by atoms with Crippen molar-refractivity contribution in [3.63, 3.8) is 0 Å². The van der Waals surface area contributed by atoms with Crippen LogP contribution >= 0.6 is 0 Å². The summed E-state index contributed by atoms with van der Waals surface area (Å²) in [6.45, 7) is 9.79. The van der Waals surface area contributed by atoms with Crippen LogP contribution in [0.25, 0.3) is 0 Å². The minimum atomic E-state index is -0.612. The number of aliphatic hydroxyl groups is 2. The van der Waals surface area contributed by atoms with Gasteiger partial charge in [0.15, 0.2) is 0 Å². The normalized spacial score (nSPS) is 14.8. The third-order valence-corrected chi connectivity index (χ3v) is 4.39. The van der Waals surface area contributed by atoms with Crippen LogP contribution in [0.4, 0.5) is 0 Å². The van der Waals surface area contributed by atoms with E-state index in [2.05, 4.69) is 20.8 Å². The molecule has 0 saturated carbocycles. The summed E-state index contributed by atoms with van der Waals surface area (Å²) in [6, 6.07) is 0. The number of rotatable bonds is 17. The summed E-state index contributed by atoms with van der Waals surface area (Å²) in [5.74, 6) is 0. The molecule has 7 heteroatoms. The third-order valence-electron chi connectivity index (χ3n) is 4.39.